The fraction of sp³-hybridized carbons (Fsp3) is 0.348. The maximum atomic E-state index is 12.7. The van der Waals surface area contributed by atoms with E-state index in [0.717, 1.165) is 18.5 Å². The van der Waals surface area contributed by atoms with E-state index in [-0.39, 0.29) is 36.1 Å². The van der Waals surface area contributed by atoms with E-state index in [4.69, 9.17) is 0 Å². The smallest absolute Gasteiger partial charge is 0.251 e. The maximum absolute atomic E-state index is 12.7. The van der Waals surface area contributed by atoms with Crippen LogP contribution in [0.5, 0.6) is 0 Å². The van der Waals surface area contributed by atoms with Gasteiger partial charge in [-0.15, -0.1) is 0 Å². The second-order valence-electron chi connectivity index (χ2n) is 7.48. The highest BCUT2D eigenvalue weighted by molar-refractivity contribution is 5.95. The van der Waals surface area contributed by atoms with Crippen molar-refractivity contribution in [3.8, 4) is 0 Å². The summed E-state index contributed by atoms with van der Waals surface area (Å²) in [6.45, 7) is 2.88. The molecule has 2 atom stereocenters. The number of para-hydroxylation sites is 1. The first-order chi connectivity index (χ1) is 14.0. The molecule has 1 fully saturated rings. The maximum Gasteiger partial charge on any atom is 0.251 e. The van der Waals surface area contributed by atoms with Crippen LogP contribution in [-0.2, 0) is 9.59 Å². The number of likely N-dealkylation sites (tertiary alicyclic amines) is 1. The molecule has 0 aromatic heterocycles. The Balaban J connectivity index is 1.50. The van der Waals surface area contributed by atoms with Crippen LogP contribution in [0, 0.1) is 5.92 Å². The number of nitrogens with zero attached hydrogens (tertiary/aromatic N) is 1. The first-order valence-electron chi connectivity index (χ1n) is 10.0. The SMILES string of the molecule is CC(CC(=O)N1CCCC(C(=O)Nc2ccccc2)C1)NC(=O)c1ccccc1. The third-order valence-electron chi connectivity index (χ3n) is 5.08. The molecule has 0 aliphatic carbocycles. The van der Waals surface area contributed by atoms with Crippen LogP contribution < -0.4 is 10.6 Å². The number of piperidine rings is 1. The molecule has 2 unspecified atom stereocenters. The molecule has 0 saturated carbocycles. The number of hydrogen-bond acceptors (Lipinski definition) is 3. The first kappa shape index (κ1) is 20.6. The first-order valence-corrected chi connectivity index (χ1v) is 10.0. The van der Waals surface area contributed by atoms with Gasteiger partial charge in [0.25, 0.3) is 5.91 Å². The summed E-state index contributed by atoms with van der Waals surface area (Å²) in [5.41, 5.74) is 1.33. The van der Waals surface area contributed by atoms with Crippen LogP contribution in [-0.4, -0.2) is 41.8 Å². The largest absolute Gasteiger partial charge is 0.349 e. The minimum Gasteiger partial charge on any atom is -0.349 e. The van der Waals surface area contributed by atoms with E-state index in [9.17, 15) is 14.4 Å². The van der Waals surface area contributed by atoms with Crippen LogP contribution in [0.15, 0.2) is 60.7 Å². The predicted molar refractivity (Wildman–Crippen MR) is 112 cm³/mol. The highest BCUT2D eigenvalue weighted by atomic mass is 16.2. The zero-order chi connectivity index (χ0) is 20.6. The minimum absolute atomic E-state index is 0.0388. The Hall–Kier alpha value is -3.15. The Morgan fingerprint density at radius 2 is 1.69 bits per heavy atom. The van der Waals surface area contributed by atoms with Gasteiger partial charge < -0.3 is 15.5 Å². The second kappa shape index (κ2) is 9.87. The summed E-state index contributed by atoms with van der Waals surface area (Å²) in [4.78, 5) is 39.2. The van der Waals surface area contributed by atoms with Gasteiger partial charge in [-0.1, -0.05) is 36.4 Å². The number of rotatable bonds is 6. The number of benzene rings is 2. The number of amides is 3. The summed E-state index contributed by atoms with van der Waals surface area (Å²) in [6.07, 6.45) is 1.78. The van der Waals surface area contributed by atoms with Gasteiger partial charge >= 0.3 is 0 Å². The van der Waals surface area contributed by atoms with Crippen molar-refractivity contribution in [2.45, 2.75) is 32.2 Å². The molecule has 0 spiro atoms. The zero-order valence-electron chi connectivity index (χ0n) is 16.6. The third-order valence-corrected chi connectivity index (χ3v) is 5.08. The van der Waals surface area contributed by atoms with E-state index >= 15 is 0 Å². The van der Waals surface area contributed by atoms with Gasteiger partial charge in [-0.25, -0.2) is 0 Å². The average molecular weight is 393 g/mol. The van der Waals surface area contributed by atoms with Crippen LogP contribution in [0.2, 0.25) is 0 Å². The van der Waals surface area contributed by atoms with E-state index < -0.39 is 0 Å². The monoisotopic (exact) mass is 393 g/mol. The van der Waals surface area contributed by atoms with E-state index in [1.807, 2.05) is 43.3 Å². The van der Waals surface area contributed by atoms with Crippen LogP contribution in [0.4, 0.5) is 5.69 Å². The number of nitrogens with one attached hydrogen (secondary N) is 2. The molecule has 3 rings (SSSR count). The van der Waals surface area contributed by atoms with Gasteiger partial charge in [0.2, 0.25) is 11.8 Å². The van der Waals surface area contributed by atoms with Gasteiger partial charge in [-0.3, -0.25) is 14.4 Å². The van der Waals surface area contributed by atoms with Crippen molar-refractivity contribution in [3.63, 3.8) is 0 Å². The Labute approximate surface area is 171 Å². The third kappa shape index (κ3) is 5.91. The molecule has 152 valence electrons. The fourth-order valence-electron chi connectivity index (χ4n) is 3.52. The summed E-state index contributed by atoms with van der Waals surface area (Å²) in [7, 11) is 0. The number of carbonyl (C=O) groups excluding carboxylic acids is 3. The van der Waals surface area contributed by atoms with Crippen molar-refractivity contribution in [2.75, 3.05) is 18.4 Å². The molecule has 6 nitrogen and oxygen atoms in total. The summed E-state index contributed by atoms with van der Waals surface area (Å²) in [5, 5.41) is 5.79. The Morgan fingerprint density at radius 1 is 1.03 bits per heavy atom. The van der Waals surface area contributed by atoms with Gasteiger partial charge in [-0.2, -0.15) is 0 Å². The molecule has 0 radical (unpaired) electrons. The lowest BCUT2D eigenvalue weighted by Gasteiger charge is -2.32. The van der Waals surface area contributed by atoms with Crippen LogP contribution in [0.1, 0.15) is 36.5 Å². The summed E-state index contributed by atoms with van der Waals surface area (Å²) < 4.78 is 0. The highest BCUT2D eigenvalue weighted by Gasteiger charge is 2.29. The summed E-state index contributed by atoms with van der Waals surface area (Å²) in [5.74, 6) is -0.506. The fourth-order valence-corrected chi connectivity index (χ4v) is 3.52. The molecule has 2 N–H and O–H groups in total. The van der Waals surface area contributed by atoms with Gasteiger partial charge in [0, 0.05) is 36.8 Å². The van der Waals surface area contributed by atoms with E-state index in [0.29, 0.717) is 18.7 Å². The normalized spacial score (nSPS) is 17.3. The van der Waals surface area contributed by atoms with Crippen LogP contribution >= 0.6 is 0 Å². The van der Waals surface area contributed by atoms with Crippen molar-refractivity contribution in [1.82, 2.24) is 10.2 Å². The van der Waals surface area contributed by atoms with Gasteiger partial charge in [0.1, 0.15) is 0 Å². The highest BCUT2D eigenvalue weighted by Crippen LogP contribution is 2.20. The van der Waals surface area contributed by atoms with Crippen molar-refractivity contribution in [2.24, 2.45) is 5.92 Å². The molecule has 2 aromatic rings. The molecule has 0 bridgehead atoms. The molecular weight excluding hydrogens is 366 g/mol. The molecule has 1 aliphatic heterocycles. The number of carbonyl (C=O) groups is 3. The number of anilines is 1. The standard InChI is InChI=1S/C23H27N3O3/c1-17(24-22(28)18-9-4-2-5-10-18)15-21(27)26-14-8-11-19(16-26)23(29)25-20-12-6-3-7-13-20/h2-7,9-10,12-13,17,19H,8,11,14-16H2,1H3,(H,24,28)(H,25,29). The second-order valence-corrected chi connectivity index (χ2v) is 7.48. The van der Waals surface area contributed by atoms with Crippen molar-refractivity contribution in [1.29, 1.82) is 0 Å². The van der Waals surface area contributed by atoms with E-state index in [1.54, 1.807) is 29.2 Å². The molecule has 29 heavy (non-hydrogen) atoms. The number of hydrogen-bond donors (Lipinski definition) is 2. The molecule has 1 aliphatic rings. The van der Waals surface area contributed by atoms with Crippen LogP contribution in [0.25, 0.3) is 0 Å². The average Bonchev–Trinajstić information content (AvgIpc) is 2.75. The minimum atomic E-state index is -0.284. The molecular formula is C23H27N3O3. The summed E-state index contributed by atoms with van der Waals surface area (Å²) in [6, 6.07) is 18.0. The van der Waals surface area contributed by atoms with E-state index in [2.05, 4.69) is 10.6 Å². The molecule has 1 heterocycles. The quantitative estimate of drug-likeness (QED) is 0.792. The summed E-state index contributed by atoms with van der Waals surface area (Å²) >= 11 is 0. The van der Waals surface area contributed by atoms with Crippen LogP contribution in [0.3, 0.4) is 0 Å². The molecule has 1 saturated heterocycles. The van der Waals surface area contributed by atoms with Gasteiger partial charge in [0.05, 0.1) is 5.92 Å². The van der Waals surface area contributed by atoms with E-state index in [1.165, 1.54) is 0 Å². The lowest BCUT2D eigenvalue weighted by molar-refractivity contribution is -0.134. The Morgan fingerprint density at radius 3 is 2.38 bits per heavy atom. The topological polar surface area (TPSA) is 78.5 Å². The van der Waals surface area contributed by atoms with Gasteiger partial charge in [-0.05, 0) is 44.0 Å². The molecule has 2 aromatic carbocycles. The Bertz CT molecular complexity index is 839. The van der Waals surface area contributed by atoms with Crippen molar-refractivity contribution in [3.05, 3.63) is 66.2 Å². The molecule has 6 heteroatoms. The lowest BCUT2D eigenvalue weighted by atomic mass is 9.96. The van der Waals surface area contributed by atoms with Gasteiger partial charge in [0.15, 0.2) is 0 Å². The molecule has 3 amide bonds. The van der Waals surface area contributed by atoms with Crippen molar-refractivity contribution >= 4 is 23.4 Å². The predicted octanol–water partition coefficient (Wildman–Crippen LogP) is 3.07. The van der Waals surface area contributed by atoms with Crippen molar-refractivity contribution < 1.29 is 14.4 Å². The lowest BCUT2D eigenvalue weighted by Crippen LogP contribution is -2.46. The Kier molecular flexibility index (Phi) is 7.00. The zero-order valence-corrected chi connectivity index (χ0v) is 16.6.